The summed E-state index contributed by atoms with van der Waals surface area (Å²) in [5.41, 5.74) is 0.989. The zero-order valence-corrected chi connectivity index (χ0v) is 13.5. The van der Waals surface area contributed by atoms with Crippen LogP contribution >= 0.6 is 11.3 Å². The van der Waals surface area contributed by atoms with Crippen molar-refractivity contribution in [1.82, 2.24) is 9.55 Å². The lowest BCUT2D eigenvalue weighted by Crippen LogP contribution is -2.17. The van der Waals surface area contributed by atoms with Crippen LogP contribution in [0.5, 0.6) is 5.75 Å². The summed E-state index contributed by atoms with van der Waals surface area (Å²) in [4.78, 5) is 16.4. The molecule has 25 heavy (non-hydrogen) atoms. The number of nitrogens with one attached hydrogen (secondary N) is 1. The monoisotopic (exact) mass is 367 g/mol. The van der Waals surface area contributed by atoms with E-state index in [9.17, 15) is 18.0 Å². The third-order valence-electron chi connectivity index (χ3n) is 3.08. The van der Waals surface area contributed by atoms with Crippen molar-refractivity contribution in [2.75, 3.05) is 5.32 Å². The zero-order chi connectivity index (χ0) is 17.9. The van der Waals surface area contributed by atoms with Crippen LogP contribution < -0.4 is 10.1 Å². The molecular formula is C16H12F3N3O2S. The van der Waals surface area contributed by atoms with E-state index in [0.717, 1.165) is 17.3 Å². The van der Waals surface area contributed by atoms with Gasteiger partial charge in [0.1, 0.15) is 5.75 Å². The van der Waals surface area contributed by atoms with Crippen molar-refractivity contribution in [2.24, 2.45) is 0 Å². The van der Waals surface area contributed by atoms with Gasteiger partial charge in [-0.2, -0.15) is 0 Å². The van der Waals surface area contributed by atoms with Gasteiger partial charge in [-0.25, -0.2) is 4.98 Å². The second-order valence-electron chi connectivity index (χ2n) is 5.01. The molecular weight excluding hydrogens is 355 g/mol. The Bertz CT molecular complexity index is 842. The number of thiazole rings is 1. The molecule has 0 atom stereocenters. The predicted octanol–water partition coefficient (Wildman–Crippen LogP) is 4.01. The molecule has 130 valence electrons. The molecule has 0 aliphatic heterocycles. The summed E-state index contributed by atoms with van der Waals surface area (Å²) in [6.07, 6.45) is -0.966. The Labute approximate surface area is 144 Å². The first-order chi connectivity index (χ1) is 11.9. The van der Waals surface area contributed by atoms with Crippen LogP contribution in [0.2, 0.25) is 0 Å². The minimum atomic E-state index is -4.74. The van der Waals surface area contributed by atoms with Crippen LogP contribution in [0.25, 0.3) is 5.13 Å². The highest BCUT2D eigenvalue weighted by Gasteiger charge is 2.30. The normalized spacial score (nSPS) is 11.3. The second kappa shape index (κ2) is 6.98. The van der Waals surface area contributed by atoms with Crippen LogP contribution in [0.1, 0.15) is 5.69 Å². The van der Waals surface area contributed by atoms with Gasteiger partial charge in [-0.1, -0.05) is 0 Å². The molecule has 0 aliphatic carbocycles. The number of alkyl halides is 3. The number of benzene rings is 1. The van der Waals surface area contributed by atoms with Gasteiger partial charge < -0.3 is 14.6 Å². The molecule has 0 aliphatic rings. The number of nitrogens with zero attached hydrogens (tertiary/aromatic N) is 2. The quantitative estimate of drug-likeness (QED) is 0.741. The molecule has 2 heterocycles. The molecule has 0 saturated heterocycles. The Morgan fingerprint density at radius 1 is 1.20 bits per heavy atom. The molecule has 1 amide bonds. The third kappa shape index (κ3) is 4.83. The summed E-state index contributed by atoms with van der Waals surface area (Å²) in [7, 11) is 0. The molecule has 0 unspecified atom stereocenters. The number of carbonyl (C=O) groups excluding carboxylic acids is 1. The maximum atomic E-state index is 12.1. The van der Waals surface area contributed by atoms with Crippen LogP contribution in [0, 0.1) is 0 Å². The van der Waals surface area contributed by atoms with Gasteiger partial charge in [-0.3, -0.25) is 4.79 Å². The van der Waals surface area contributed by atoms with E-state index in [1.54, 1.807) is 5.38 Å². The van der Waals surface area contributed by atoms with Crippen molar-refractivity contribution in [1.29, 1.82) is 0 Å². The average molecular weight is 367 g/mol. The first-order valence-electron chi connectivity index (χ1n) is 7.12. The first-order valence-corrected chi connectivity index (χ1v) is 8.00. The molecule has 1 N–H and O–H groups in total. The highest BCUT2D eigenvalue weighted by Crippen LogP contribution is 2.24. The number of anilines is 1. The molecule has 0 radical (unpaired) electrons. The molecule has 0 saturated carbocycles. The highest BCUT2D eigenvalue weighted by atomic mass is 32.1. The van der Waals surface area contributed by atoms with E-state index in [4.69, 9.17) is 0 Å². The van der Waals surface area contributed by atoms with Crippen molar-refractivity contribution in [3.8, 4) is 10.9 Å². The Morgan fingerprint density at radius 3 is 2.52 bits per heavy atom. The van der Waals surface area contributed by atoms with Crippen molar-refractivity contribution < 1.29 is 22.7 Å². The summed E-state index contributed by atoms with van der Waals surface area (Å²) in [6.45, 7) is 0. The van der Waals surface area contributed by atoms with Crippen molar-refractivity contribution in [3.05, 3.63) is 59.9 Å². The largest absolute Gasteiger partial charge is 0.573 e. The summed E-state index contributed by atoms with van der Waals surface area (Å²) < 4.78 is 41.9. The van der Waals surface area contributed by atoms with E-state index in [2.05, 4.69) is 15.0 Å². The lowest BCUT2D eigenvalue weighted by molar-refractivity contribution is -0.274. The van der Waals surface area contributed by atoms with E-state index < -0.39 is 6.36 Å². The van der Waals surface area contributed by atoms with E-state index in [0.29, 0.717) is 11.4 Å². The lowest BCUT2D eigenvalue weighted by Gasteiger charge is -2.09. The number of hydrogen-bond acceptors (Lipinski definition) is 4. The molecule has 0 bridgehead atoms. The van der Waals surface area contributed by atoms with E-state index in [-0.39, 0.29) is 18.1 Å². The number of aromatic nitrogens is 2. The van der Waals surface area contributed by atoms with Crippen molar-refractivity contribution >= 4 is 22.9 Å². The maximum absolute atomic E-state index is 12.1. The summed E-state index contributed by atoms with van der Waals surface area (Å²) in [5.74, 6) is -0.657. The fourth-order valence-corrected chi connectivity index (χ4v) is 2.86. The number of amides is 1. The molecule has 0 fully saturated rings. The van der Waals surface area contributed by atoms with E-state index in [1.165, 1.54) is 23.5 Å². The van der Waals surface area contributed by atoms with Gasteiger partial charge in [0.05, 0.1) is 12.1 Å². The zero-order valence-electron chi connectivity index (χ0n) is 12.7. The van der Waals surface area contributed by atoms with Gasteiger partial charge >= 0.3 is 6.36 Å². The molecule has 3 aromatic rings. The molecule has 2 aromatic heterocycles. The van der Waals surface area contributed by atoms with Gasteiger partial charge in [0.2, 0.25) is 5.91 Å². The van der Waals surface area contributed by atoms with Gasteiger partial charge in [-0.05, 0) is 36.4 Å². The average Bonchev–Trinajstić information content (AvgIpc) is 3.18. The molecule has 5 nitrogen and oxygen atoms in total. The van der Waals surface area contributed by atoms with Crippen LogP contribution in [-0.4, -0.2) is 21.8 Å². The maximum Gasteiger partial charge on any atom is 0.573 e. The van der Waals surface area contributed by atoms with Gasteiger partial charge in [0, 0.05) is 23.5 Å². The third-order valence-corrected chi connectivity index (χ3v) is 3.98. The topological polar surface area (TPSA) is 56.2 Å². The predicted molar refractivity (Wildman–Crippen MR) is 86.9 cm³/mol. The number of hydrogen-bond donors (Lipinski definition) is 1. The fourth-order valence-electron chi connectivity index (χ4n) is 2.07. The van der Waals surface area contributed by atoms with Crippen molar-refractivity contribution in [3.63, 3.8) is 0 Å². The van der Waals surface area contributed by atoms with E-state index in [1.807, 2.05) is 29.1 Å². The molecule has 0 spiro atoms. The molecule has 3 rings (SSSR count). The standard InChI is InChI=1S/C16H12F3N3O2S/c17-16(18,19)24-13-5-3-11(4-6-13)20-14(23)9-12-10-25-15(21-12)22-7-1-2-8-22/h1-8,10H,9H2,(H,20,23). The van der Waals surface area contributed by atoms with E-state index >= 15 is 0 Å². The van der Waals surface area contributed by atoms with Crippen LogP contribution in [0.15, 0.2) is 54.2 Å². The van der Waals surface area contributed by atoms with Crippen LogP contribution in [0.3, 0.4) is 0 Å². The second-order valence-corrected chi connectivity index (χ2v) is 5.85. The summed E-state index contributed by atoms with van der Waals surface area (Å²) in [5, 5.41) is 5.14. The van der Waals surface area contributed by atoms with Gasteiger partial charge in [0.25, 0.3) is 0 Å². The van der Waals surface area contributed by atoms with Crippen LogP contribution in [0.4, 0.5) is 18.9 Å². The number of rotatable bonds is 5. The number of carbonyl (C=O) groups is 1. The lowest BCUT2D eigenvalue weighted by atomic mass is 10.2. The minimum Gasteiger partial charge on any atom is -0.406 e. The number of halogens is 3. The first kappa shape index (κ1) is 17.0. The fraction of sp³-hybridized carbons (Fsp3) is 0.125. The highest BCUT2D eigenvalue weighted by molar-refractivity contribution is 7.12. The molecule has 1 aromatic carbocycles. The Balaban J connectivity index is 1.57. The Morgan fingerprint density at radius 2 is 1.88 bits per heavy atom. The van der Waals surface area contributed by atoms with Gasteiger partial charge in [-0.15, -0.1) is 24.5 Å². The Hall–Kier alpha value is -2.81. The summed E-state index contributed by atoms with van der Waals surface area (Å²) in [6, 6.07) is 8.70. The van der Waals surface area contributed by atoms with Crippen molar-refractivity contribution in [2.45, 2.75) is 12.8 Å². The smallest absolute Gasteiger partial charge is 0.406 e. The number of ether oxygens (including phenoxy) is 1. The molecule has 9 heteroatoms. The Kier molecular flexibility index (Phi) is 4.75. The summed E-state index contributed by atoms with van der Waals surface area (Å²) >= 11 is 1.41. The SMILES string of the molecule is O=C(Cc1csc(-n2cccc2)n1)Nc1ccc(OC(F)(F)F)cc1. The van der Waals surface area contributed by atoms with Gasteiger partial charge in [0.15, 0.2) is 5.13 Å². The van der Waals surface area contributed by atoms with Crippen LogP contribution in [-0.2, 0) is 11.2 Å². The minimum absolute atomic E-state index is 0.0680.